The molecule has 158 valence electrons. The molecule has 4 aromatic rings. The molecule has 1 heterocycles. The number of hydrogen-bond donors (Lipinski definition) is 0. The Labute approximate surface area is 191 Å². The lowest BCUT2D eigenvalue weighted by Gasteiger charge is -2.31. The normalized spacial score (nSPS) is 20.8. The molecule has 0 bridgehead atoms. The fourth-order valence-corrected chi connectivity index (χ4v) is 5.27. The summed E-state index contributed by atoms with van der Waals surface area (Å²) in [4.78, 5) is 2.65. The van der Waals surface area contributed by atoms with Crippen LogP contribution in [0.1, 0.15) is 34.2 Å². The SMILES string of the molecule is C=C(c1ccccc1)[C@@H]1C(c2ccccc2)N(Cc2ccccc2)C[C@H]1c1ccccc1. The smallest absolute Gasteiger partial charge is 0.0426 e. The topological polar surface area (TPSA) is 3.24 Å². The third-order valence-electron chi connectivity index (χ3n) is 6.74. The first-order chi connectivity index (χ1) is 15.8. The Bertz CT molecular complexity index is 1140. The van der Waals surface area contributed by atoms with Crippen molar-refractivity contribution in [2.24, 2.45) is 5.92 Å². The van der Waals surface area contributed by atoms with E-state index in [1.165, 1.54) is 27.8 Å². The zero-order chi connectivity index (χ0) is 21.8. The zero-order valence-electron chi connectivity index (χ0n) is 18.3. The van der Waals surface area contributed by atoms with Crippen molar-refractivity contribution in [3.05, 3.63) is 150 Å². The highest BCUT2D eigenvalue weighted by Gasteiger charge is 2.44. The van der Waals surface area contributed by atoms with Crippen molar-refractivity contribution in [3.63, 3.8) is 0 Å². The second-order valence-electron chi connectivity index (χ2n) is 8.70. The van der Waals surface area contributed by atoms with Crippen LogP contribution >= 0.6 is 0 Å². The number of benzene rings is 4. The molecule has 1 nitrogen and oxygen atoms in total. The summed E-state index contributed by atoms with van der Waals surface area (Å²) in [6.07, 6.45) is 0. The Kier molecular flexibility index (Phi) is 6.00. The van der Waals surface area contributed by atoms with Crippen LogP contribution in [0.25, 0.3) is 5.57 Å². The fraction of sp³-hybridized carbons (Fsp3) is 0.161. The van der Waals surface area contributed by atoms with E-state index in [4.69, 9.17) is 0 Å². The van der Waals surface area contributed by atoms with Gasteiger partial charge in [0.2, 0.25) is 0 Å². The molecule has 1 fully saturated rings. The van der Waals surface area contributed by atoms with Crippen molar-refractivity contribution in [1.29, 1.82) is 0 Å². The summed E-state index contributed by atoms with van der Waals surface area (Å²) in [5.74, 6) is 0.684. The summed E-state index contributed by atoms with van der Waals surface area (Å²) >= 11 is 0. The molecular formula is C31H29N. The molecule has 32 heavy (non-hydrogen) atoms. The van der Waals surface area contributed by atoms with E-state index in [1.54, 1.807) is 0 Å². The predicted octanol–water partition coefficient (Wildman–Crippen LogP) is 7.36. The second kappa shape index (κ2) is 9.38. The van der Waals surface area contributed by atoms with Crippen LogP contribution in [0.15, 0.2) is 128 Å². The number of rotatable bonds is 6. The van der Waals surface area contributed by atoms with Gasteiger partial charge in [-0.2, -0.15) is 0 Å². The molecule has 1 unspecified atom stereocenters. The van der Waals surface area contributed by atoms with Crippen molar-refractivity contribution in [1.82, 2.24) is 4.90 Å². The minimum atomic E-state index is 0.273. The van der Waals surface area contributed by atoms with E-state index in [2.05, 4.69) is 133 Å². The first-order valence-electron chi connectivity index (χ1n) is 11.4. The van der Waals surface area contributed by atoms with Gasteiger partial charge in [-0.05, 0) is 27.8 Å². The maximum Gasteiger partial charge on any atom is 0.0426 e. The Hall–Kier alpha value is -3.42. The average molecular weight is 416 g/mol. The zero-order valence-corrected chi connectivity index (χ0v) is 18.3. The predicted molar refractivity (Wildman–Crippen MR) is 134 cm³/mol. The largest absolute Gasteiger partial charge is 0.291 e. The van der Waals surface area contributed by atoms with Gasteiger partial charge in [0, 0.05) is 31.0 Å². The fourth-order valence-electron chi connectivity index (χ4n) is 5.27. The van der Waals surface area contributed by atoms with Crippen LogP contribution in [0.3, 0.4) is 0 Å². The number of nitrogens with zero attached hydrogens (tertiary/aromatic N) is 1. The molecule has 0 aliphatic carbocycles. The first kappa shape index (κ1) is 20.5. The van der Waals surface area contributed by atoms with Crippen LogP contribution in [0.2, 0.25) is 0 Å². The lowest BCUT2D eigenvalue weighted by atomic mass is 9.76. The van der Waals surface area contributed by atoms with Gasteiger partial charge in [0.25, 0.3) is 0 Å². The van der Waals surface area contributed by atoms with Crippen LogP contribution in [0.4, 0.5) is 0 Å². The van der Waals surface area contributed by atoms with Gasteiger partial charge in [0.05, 0.1) is 0 Å². The van der Waals surface area contributed by atoms with Crippen molar-refractivity contribution >= 4 is 5.57 Å². The lowest BCUT2D eigenvalue weighted by Crippen LogP contribution is -2.25. The van der Waals surface area contributed by atoms with Crippen LogP contribution in [0, 0.1) is 5.92 Å². The van der Waals surface area contributed by atoms with Gasteiger partial charge in [-0.15, -0.1) is 0 Å². The Morgan fingerprint density at radius 1 is 0.656 bits per heavy atom. The van der Waals surface area contributed by atoms with Crippen LogP contribution < -0.4 is 0 Å². The number of hydrogen-bond acceptors (Lipinski definition) is 1. The Balaban J connectivity index is 1.61. The first-order valence-corrected chi connectivity index (χ1v) is 11.4. The molecule has 1 aliphatic rings. The van der Waals surface area contributed by atoms with Crippen molar-refractivity contribution in [2.75, 3.05) is 6.54 Å². The maximum absolute atomic E-state index is 4.67. The molecule has 1 heteroatoms. The summed E-state index contributed by atoms with van der Waals surface area (Å²) in [7, 11) is 0. The summed E-state index contributed by atoms with van der Waals surface area (Å²) < 4.78 is 0. The van der Waals surface area contributed by atoms with Crippen molar-refractivity contribution in [3.8, 4) is 0 Å². The summed E-state index contributed by atoms with van der Waals surface area (Å²) in [6.45, 7) is 6.62. The summed E-state index contributed by atoms with van der Waals surface area (Å²) in [6, 6.07) is 43.8. The van der Waals surface area contributed by atoms with Crippen molar-refractivity contribution < 1.29 is 0 Å². The molecule has 0 aromatic heterocycles. The van der Waals surface area contributed by atoms with Crippen LogP contribution in [-0.4, -0.2) is 11.4 Å². The molecule has 0 amide bonds. The molecule has 0 N–H and O–H groups in total. The lowest BCUT2D eigenvalue weighted by molar-refractivity contribution is 0.235. The molecular weight excluding hydrogens is 386 g/mol. The minimum Gasteiger partial charge on any atom is -0.291 e. The van der Waals surface area contributed by atoms with E-state index in [1.807, 2.05) is 0 Å². The van der Waals surface area contributed by atoms with E-state index in [9.17, 15) is 0 Å². The van der Waals surface area contributed by atoms with Gasteiger partial charge in [0.15, 0.2) is 0 Å². The molecule has 0 radical (unpaired) electrons. The minimum absolute atomic E-state index is 0.273. The van der Waals surface area contributed by atoms with Gasteiger partial charge in [-0.1, -0.05) is 128 Å². The highest BCUT2D eigenvalue weighted by molar-refractivity contribution is 5.68. The highest BCUT2D eigenvalue weighted by atomic mass is 15.2. The van der Waals surface area contributed by atoms with E-state index in [-0.39, 0.29) is 6.04 Å². The van der Waals surface area contributed by atoms with E-state index < -0.39 is 0 Å². The summed E-state index contributed by atoms with van der Waals surface area (Å²) in [5.41, 5.74) is 6.58. The Morgan fingerprint density at radius 3 is 1.75 bits per heavy atom. The highest BCUT2D eigenvalue weighted by Crippen LogP contribution is 2.51. The average Bonchev–Trinajstić information content (AvgIpc) is 3.25. The van der Waals surface area contributed by atoms with Gasteiger partial charge >= 0.3 is 0 Å². The molecule has 0 spiro atoms. The standard InChI is InChI=1S/C31H29N/c1-24(26-16-8-3-9-17-26)30-29(27-18-10-4-11-19-27)23-32(22-25-14-6-2-7-15-25)31(30)28-20-12-5-13-21-28/h2-21,29-31H,1,22-23H2/t29-,30-,31?/m0/s1. The van der Waals surface area contributed by atoms with Crippen molar-refractivity contribution in [2.45, 2.75) is 18.5 Å². The van der Waals surface area contributed by atoms with Crippen LogP contribution in [0.5, 0.6) is 0 Å². The molecule has 1 saturated heterocycles. The third-order valence-corrected chi connectivity index (χ3v) is 6.74. The van der Waals surface area contributed by atoms with Crippen LogP contribution in [-0.2, 0) is 6.54 Å². The maximum atomic E-state index is 4.67. The van der Waals surface area contributed by atoms with E-state index in [0.29, 0.717) is 11.8 Å². The summed E-state index contributed by atoms with van der Waals surface area (Å²) in [5, 5.41) is 0. The number of likely N-dealkylation sites (tertiary alicyclic amines) is 1. The van der Waals surface area contributed by atoms with Gasteiger partial charge in [0.1, 0.15) is 0 Å². The molecule has 0 saturated carbocycles. The molecule has 4 aromatic carbocycles. The van der Waals surface area contributed by atoms with Gasteiger partial charge in [-0.3, -0.25) is 4.90 Å². The molecule has 3 atom stereocenters. The van der Waals surface area contributed by atoms with E-state index in [0.717, 1.165) is 13.1 Å². The molecule has 5 rings (SSSR count). The van der Waals surface area contributed by atoms with E-state index >= 15 is 0 Å². The Morgan fingerprint density at radius 2 is 1.16 bits per heavy atom. The van der Waals surface area contributed by atoms with Gasteiger partial charge < -0.3 is 0 Å². The van der Waals surface area contributed by atoms with Gasteiger partial charge in [-0.25, -0.2) is 0 Å². The third kappa shape index (κ3) is 4.17. The monoisotopic (exact) mass is 415 g/mol. The quantitative estimate of drug-likeness (QED) is 0.318. The second-order valence-corrected chi connectivity index (χ2v) is 8.70. The molecule has 1 aliphatic heterocycles.